The molecule has 1 heterocycles. The van der Waals surface area contributed by atoms with E-state index in [4.69, 9.17) is 0 Å². The summed E-state index contributed by atoms with van der Waals surface area (Å²) in [6, 6.07) is 13.2. The second-order valence-electron chi connectivity index (χ2n) is 4.94. The standard InChI is InChI=1S/C18H13NO4/c1-23-18(22)12-8-6-11(7-9-12)17(21)16-14-5-3-2-4-13(14)15(20)10-19-16/h2-10,20H,1H3. The smallest absolute Gasteiger partial charge is 0.337 e. The molecule has 3 aromatic rings. The molecule has 5 nitrogen and oxygen atoms in total. The van der Waals surface area contributed by atoms with Crippen LogP contribution in [0.4, 0.5) is 0 Å². The van der Waals surface area contributed by atoms with Crippen LogP contribution >= 0.6 is 0 Å². The summed E-state index contributed by atoms with van der Waals surface area (Å²) in [6.07, 6.45) is 1.26. The maximum atomic E-state index is 12.7. The number of ketones is 1. The Kier molecular flexibility index (Phi) is 3.76. The first-order valence-corrected chi connectivity index (χ1v) is 6.91. The molecule has 1 N–H and O–H groups in total. The maximum absolute atomic E-state index is 12.7. The van der Waals surface area contributed by atoms with Gasteiger partial charge in [0.15, 0.2) is 0 Å². The first-order chi connectivity index (χ1) is 11.1. The Morgan fingerprint density at radius 3 is 2.22 bits per heavy atom. The van der Waals surface area contributed by atoms with Crippen molar-refractivity contribution in [1.82, 2.24) is 4.98 Å². The molecule has 0 spiro atoms. The molecule has 23 heavy (non-hydrogen) atoms. The fourth-order valence-corrected chi connectivity index (χ4v) is 2.37. The number of carbonyl (C=O) groups is 2. The van der Waals surface area contributed by atoms with Gasteiger partial charge < -0.3 is 9.84 Å². The monoisotopic (exact) mass is 307 g/mol. The third-order valence-electron chi connectivity index (χ3n) is 3.56. The highest BCUT2D eigenvalue weighted by molar-refractivity contribution is 6.15. The first-order valence-electron chi connectivity index (χ1n) is 6.91. The first kappa shape index (κ1) is 14.7. The molecule has 0 aliphatic heterocycles. The van der Waals surface area contributed by atoms with Gasteiger partial charge in [0.1, 0.15) is 11.4 Å². The van der Waals surface area contributed by atoms with Gasteiger partial charge >= 0.3 is 5.97 Å². The van der Waals surface area contributed by atoms with Gasteiger partial charge in [-0.1, -0.05) is 36.4 Å². The Morgan fingerprint density at radius 1 is 0.957 bits per heavy atom. The molecule has 0 saturated carbocycles. The minimum absolute atomic E-state index is 0.0261. The zero-order valence-electron chi connectivity index (χ0n) is 12.3. The number of aromatic nitrogens is 1. The molecule has 0 bridgehead atoms. The zero-order chi connectivity index (χ0) is 16.4. The Balaban J connectivity index is 2.04. The van der Waals surface area contributed by atoms with E-state index < -0.39 is 5.97 Å². The number of pyridine rings is 1. The van der Waals surface area contributed by atoms with Crippen molar-refractivity contribution in [3.8, 4) is 5.75 Å². The highest BCUT2D eigenvalue weighted by Crippen LogP contribution is 2.26. The van der Waals surface area contributed by atoms with Crippen molar-refractivity contribution in [2.24, 2.45) is 0 Å². The summed E-state index contributed by atoms with van der Waals surface area (Å²) in [7, 11) is 1.30. The number of benzene rings is 2. The van der Waals surface area contributed by atoms with Crippen LogP contribution in [0.2, 0.25) is 0 Å². The summed E-state index contributed by atoms with van der Waals surface area (Å²) in [6.45, 7) is 0. The van der Waals surface area contributed by atoms with Crippen LogP contribution in [0.1, 0.15) is 26.4 Å². The number of fused-ring (bicyclic) bond motifs is 1. The van der Waals surface area contributed by atoms with Crippen LogP contribution in [0.15, 0.2) is 54.7 Å². The summed E-state index contributed by atoms with van der Waals surface area (Å²) < 4.78 is 4.63. The highest BCUT2D eigenvalue weighted by Gasteiger charge is 2.16. The quantitative estimate of drug-likeness (QED) is 0.594. The van der Waals surface area contributed by atoms with E-state index in [0.717, 1.165) is 0 Å². The third-order valence-corrected chi connectivity index (χ3v) is 3.56. The van der Waals surface area contributed by atoms with Crippen molar-refractivity contribution in [3.63, 3.8) is 0 Å². The molecule has 0 amide bonds. The Morgan fingerprint density at radius 2 is 1.57 bits per heavy atom. The van der Waals surface area contributed by atoms with Gasteiger partial charge in [-0.15, -0.1) is 0 Å². The number of aromatic hydroxyl groups is 1. The summed E-state index contributed by atoms with van der Waals surface area (Å²) in [5.41, 5.74) is 1.03. The maximum Gasteiger partial charge on any atom is 0.337 e. The van der Waals surface area contributed by atoms with E-state index in [9.17, 15) is 14.7 Å². The topological polar surface area (TPSA) is 76.5 Å². The molecule has 3 rings (SSSR count). The van der Waals surface area contributed by atoms with E-state index in [1.807, 2.05) is 0 Å². The second-order valence-corrected chi connectivity index (χ2v) is 4.94. The molecule has 5 heteroatoms. The van der Waals surface area contributed by atoms with Gasteiger partial charge in [-0.05, 0) is 12.1 Å². The van der Waals surface area contributed by atoms with Gasteiger partial charge in [-0.25, -0.2) is 9.78 Å². The van der Waals surface area contributed by atoms with Gasteiger partial charge in [0.25, 0.3) is 0 Å². The minimum Gasteiger partial charge on any atom is -0.506 e. The van der Waals surface area contributed by atoms with Crippen LogP contribution in [0.25, 0.3) is 10.8 Å². The van der Waals surface area contributed by atoms with E-state index >= 15 is 0 Å². The number of ether oxygens (including phenoxy) is 1. The lowest BCUT2D eigenvalue weighted by Crippen LogP contribution is -2.06. The number of nitrogens with zero attached hydrogens (tertiary/aromatic N) is 1. The summed E-state index contributed by atoms with van der Waals surface area (Å²) >= 11 is 0. The van der Waals surface area contributed by atoms with Crippen molar-refractivity contribution < 1.29 is 19.4 Å². The summed E-state index contributed by atoms with van der Waals surface area (Å²) in [5.74, 6) is -0.715. The van der Waals surface area contributed by atoms with Crippen molar-refractivity contribution >= 4 is 22.5 Å². The number of methoxy groups -OCH3 is 1. The Hall–Kier alpha value is -3.21. The highest BCUT2D eigenvalue weighted by atomic mass is 16.5. The molecule has 2 aromatic carbocycles. The average molecular weight is 307 g/mol. The average Bonchev–Trinajstić information content (AvgIpc) is 2.61. The van der Waals surface area contributed by atoms with Crippen LogP contribution in [0, 0.1) is 0 Å². The van der Waals surface area contributed by atoms with Crippen LogP contribution < -0.4 is 0 Å². The number of hydrogen-bond acceptors (Lipinski definition) is 5. The molecule has 1 aromatic heterocycles. The predicted molar refractivity (Wildman–Crippen MR) is 84.6 cm³/mol. The SMILES string of the molecule is COC(=O)c1ccc(C(=O)c2ncc(O)c3ccccc23)cc1. The minimum atomic E-state index is -0.461. The Labute approximate surface area is 132 Å². The van der Waals surface area contributed by atoms with Gasteiger partial charge in [0.2, 0.25) is 5.78 Å². The molecule has 0 atom stereocenters. The zero-order valence-corrected chi connectivity index (χ0v) is 12.3. The molecular formula is C18H13NO4. The van der Waals surface area contributed by atoms with Gasteiger partial charge in [-0.3, -0.25) is 4.79 Å². The predicted octanol–water partition coefficient (Wildman–Crippen LogP) is 2.96. The van der Waals surface area contributed by atoms with E-state index in [1.165, 1.54) is 25.4 Å². The van der Waals surface area contributed by atoms with E-state index in [2.05, 4.69) is 9.72 Å². The second kappa shape index (κ2) is 5.88. The van der Waals surface area contributed by atoms with Gasteiger partial charge in [-0.2, -0.15) is 0 Å². The lowest BCUT2D eigenvalue weighted by molar-refractivity contribution is 0.0600. The Bertz CT molecular complexity index is 901. The van der Waals surface area contributed by atoms with E-state index in [1.54, 1.807) is 36.4 Å². The number of hydrogen-bond donors (Lipinski definition) is 1. The van der Waals surface area contributed by atoms with Crippen molar-refractivity contribution in [2.45, 2.75) is 0 Å². The van der Waals surface area contributed by atoms with E-state index in [0.29, 0.717) is 21.9 Å². The number of carbonyl (C=O) groups excluding carboxylic acids is 2. The molecule has 0 radical (unpaired) electrons. The van der Waals surface area contributed by atoms with Crippen LogP contribution in [0.5, 0.6) is 5.75 Å². The van der Waals surface area contributed by atoms with Crippen molar-refractivity contribution in [3.05, 3.63) is 71.5 Å². The molecule has 0 aliphatic rings. The molecular weight excluding hydrogens is 294 g/mol. The number of rotatable bonds is 3. The fraction of sp³-hybridized carbons (Fsp3) is 0.0556. The largest absolute Gasteiger partial charge is 0.506 e. The van der Waals surface area contributed by atoms with Crippen LogP contribution in [0.3, 0.4) is 0 Å². The van der Waals surface area contributed by atoms with Crippen LogP contribution in [-0.4, -0.2) is 29.0 Å². The van der Waals surface area contributed by atoms with E-state index in [-0.39, 0.29) is 17.2 Å². The fourth-order valence-electron chi connectivity index (χ4n) is 2.37. The molecule has 0 aliphatic carbocycles. The lowest BCUT2D eigenvalue weighted by Gasteiger charge is -2.07. The van der Waals surface area contributed by atoms with Gasteiger partial charge in [0.05, 0.1) is 18.9 Å². The summed E-state index contributed by atoms with van der Waals surface area (Å²) in [4.78, 5) is 28.2. The molecule has 0 fully saturated rings. The van der Waals surface area contributed by atoms with Crippen LogP contribution in [-0.2, 0) is 4.74 Å². The molecule has 0 unspecified atom stereocenters. The molecule has 0 saturated heterocycles. The van der Waals surface area contributed by atoms with Gasteiger partial charge in [0, 0.05) is 16.3 Å². The normalized spacial score (nSPS) is 10.5. The van der Waals surface area contributed by atoms with Crippen molar-refractivity contribution in [2.75, 3.05) is 7.11 Å². The summed E-state index contributed by atoms with van der Waals surface area (Å²) in [5, 5.41) is 11.0. The third kappa shape index (κ3) is 2.64. The molecule has 114 valence electrons. The van der Waals surface area contributed by atoms with Crippen molar-refractivity contribution in [1.29, 1.82) is 0 Å². The lowest BCUT2D eigenvalue weighted by atomic mass is 10.0. The number of esters is 1.